The number of esters is 1. The SMILES string of the molecule is CC(C)[C@H](C(=O)OCC(=O)c1ccccc1)N1C(=O)[C@@H]2[C@H](C1=O)C1(Br)c3ccccc3C2(Br)c2ccccc21. The van der Waals surface area contributed by atoms with Crippen molar-refractivity contribution in [3.8, 4) is 0 Å². The normalized spacial score (nSPS) is 27.2. The summed E-state index contributed by atoms with van der Waals surface area (Å²) in [6.07, 6.45) is 0. The fourth-order valence-electron chi connectivity index (χ4n) is 6.57. The molecule has 0 unspecified atom stereocenters. The lowest BCUT2D eigenvalue weighted by Crippen LogP contribution is -2.56. The molecule has 0 radical (unpaired) electrons. The molecule has 3 atom stereocenters. The summed E-state index contributed by atoms with van der Waals surface area (Å²) in [5.74, 6) is -3.99. The number of benzene rings is 3. The molecule has 198 valence electrons. The van der Waals surface area contributed by atoms with E-state index in [1.165, 1.54) is 0 Å². The van der Waals surface area contributed by atoms with Gasteiger partial charge in [-0.05, 0) is 28.2 Å². The molecule has 3 aromatic rings. The molecule has 1 saturated heterocycles. The van der Waals surface area contributed by atoms with E-state index in [-0.39, 0.29) is 5.78 Å². The maximum Gasteiger partial charge on any atom is 0.330 e. The predicted molar refractivity (Wildman–Crippen MR) is 151 cm³/mol. The zero-order valence-corrected chi connectivity index (χ0v) is 24.4. The number of hydrogen-bond acceptors (Lipinski definition) is 5. The van der Waals surface area contributed by atoms with Crippen molar-refractivity contribution in [3.05, 3.63) is 107 Å². The number of halogens is 2. The molecular formula is C31H25Br2NO5. The van der Waals surface area contributed by atoms with Crippen LogP contribution >= 0.6 is 31.9 Å². The third-order valence-electron chi connectivity index (χ3n) is 8.21. The quantitative estimate of drug-likeness (QED) is 0.156. The highest BCUT2D eigenvalue weighted by Crippen LogP contribution is 2.70. The van der Waals surface area contributed by atoms with Crippen molar-refractivity contribution in [2.45, 2.75) is 28.5 Å². The summed E-state index contributed by atoms with van der Waals surface area (Å²) < 4.78 is 3.53. The number of rotatable bonds is 6. The predicted octanol–water partition coefficient (Wildman–Crippen LogP) is 5.34. The van der Waals surface area contributed by atoms with Gasteiger partial charge in [0, 0.05) is 5.56 Å². The van der Waals surface area contributed by atoms with E-state index in [1.807, 2.05) is 48.5 Å². The van der Waals surface area contributed by atoms with Crippen LogP contribution in [0.4, 0.5) is 0 Å². The van der Waals surface area contributed by atoms with Crippen molar-refractivity contribution < 1.29 is 23.9 Å². The van der Waals surface area contributed by atoms with Gasteiger partial charge in [-0.15, -0.1) is 0 Å². The molecule has 1 aliphatic heterocycles. The average Bonchev–Trinajstić information content (AvgIpc) is 3.21. The number of Topliss-reactive ketones (excluding diaryl/α,β-unsaturated/α-hetero) is 1. The summed E-state index contributed by atoms with van der Waals surface area (Å²) in [6.45, 7) is 3.05. The van der Waals surface area contributed by atoms with E-state index in [4.69, 9.17) is 4.74 Å². The number of imide groups is 1. The number of nitrogens with zero attached hydrogens (tertiary/aromatic N) is 1. The van der Waals surface area contributed by atoms with E-state index in [9.17, 15) is 19.2 Å². The standard InChI is InChI=1S/C31H25Br2NO5/c1-17(2)26(29(38)39-16-23(35)18-10-4-3-5-11-18)34-27(36)24-25(28(34)37)31(33)20-13-7-6-12-19(20)30(24,32)21-14-8-9-15-22(21)31/h3-15,17,24-26H,16H2,1-2H3/t24-,25+,26-,30?,31?/m1/s1. The summed E-state index contributed by atoms with van der Waals surface area (Å²) in [5.41, 5.74) is 4.09. The van der Waals surface area contributed by atoms with Crippen LogP contribution in [0.15, 0.2) is 78.9 Å². The van der Waals surface area contributed by atoms with Gasteiger partial charge in [0.25, 0.3) is 0 Å². The molecule has 8 heteroatoms. The molecule has 0 N–H and O–H groups in total. The summed E-state index contributed by atoms with van der Waals surface area (Å²) >= 11 is 7.95. The van der Waals surface area contributed by atoms with Gasteiger partial charge in [-0.2, -0.15) is 0 Å². The van der Waals surface area contributed by atoms with E-state index >= 15 is 0 Å². The molecule has 7 rings (SSSR count). The van der Waals surface area contributed by atoms with Gasteiger partial charge in [0.05, 0.1) is 20.5 Å². The number of ketones is 1. The van der Waals surface area contributed by atoms with Crippen molar-refractivity contribution in [3.63, 3.8) is 0 Å². The van der Waals surface area contributed by atoms with Crippen LogP contribution in [-0.4, -0.2) is 41.1 Å². The molecule has 0 aromatic heterocycles. The Morgan fingerprint density at radius 1 is 0.769 bits per heavy atom. The molecule has 0 saturated carbocycles. The summed E-state index contributed by atoms with van der Waals surface area (Å²) in [7, 11) is 0. The lowest BCUT2D eigenvalue weighted by atomic mass is 9.54. The van der Waals surface area contributed by atoms with E-state index in [0.717, 1.165) is 27.2 Å². The van der Waals surface area contributed by atoms with Crippen LogP contribution in [0, 0.1) is 17.8 Å². The van der Waals surface area contributed by atoms with Crippen molar-refractivity contribution >= 4 is 55.4 Å². The van der Waals surface area contributed by atoms with Crippen LogP contribution in [0.5, 0.6) is 0 Å². The third-order valence-corrected chi connectivity index (χ3v) is 10.9. The van der Waals surface area contributed by atoms with Gasteiger partial charge in [0.1, 0.15) is 6.04 Å². The minimum absolute atomic E-state index is 0.359. The zero-order chi connectivity index (χ0) is 27.7. The highest BCUT2D eigenvalue weighted by Gasteiger charge is 2.73. The zero-order valence-electron chi connectivity index (χ0n) is 21.3. The molecule has 1 fully saturated rings. The molecule has 2 amide bonds. The van der Waals surface area contributed by atoms with Gasteiger partial charge in [0.2, 0.25) is 11.8 Å². The van der Waals surface area contributed by atoms with E-state index in [2.05, 4.69) is 31.9 Å². The van der Waals surface area contributed by atoms with Gasteiger partial charge < -0.3 is 4.74 Å². The Kier molecular flexibility index (Phi) is 6.19. The van der Waals surface area contributed by atoms with Gasteiger partial charge in [0.15, 0.2) is 12.4 Å². The van der Waals surface area contributed by atoms with Gasteiger partial charge in [-0.1, -0.05) is 125 Å². The molecule has 4 aliphatic rings. The lowest BCUT2D eigenvalue weighted by molar-refractivity contribution is -0.160. The molecule has 39 heavy (non-hydrogen) atoms. The number of ether oxygens (including phenoxy) is 1. The Morgan fingerprint density at radius 2 is 1.18 bits per heavy atom. The highest BCUT2D eigenvalue weighted by molar-refractivity contribution is 9.10. The number of carbonyl (C=O) groups is 4. The smallest absolute Gasteiger partial charge is 0.330 e. The molecule has 0 spiro atoms. The van der Waals surface area contributed by atoms with Crippen LogP contribution in [-0.2, 0) is 27.8 Å². The molecule has 2 bridgehead atoms. The number of carbonyl (C=O) groups excluding carboxylic acids is 4. The first-order valence-corrected chi connectivity index (χ1v) is 14.4. The molecule has 3 aliphatic carbocycles. The van der Waals surface area contributed by atoms with Crippen LogP contribution in [0.25, 0.3) is 0 Å². The largest absolute Gasteiger partial charge is 0.456 e. The maximum absolute atomic E-state index is 14.3. The molecular weight excluding hydrogens is 626 g/mol. The number of hydrogen-bond donors (Lipinski definition) is 0. The van der Waals surface area contributed by atoms with E-state index in [1.54, 1.807) is 44.2 Å². The van der Waals surface area contributed by atoms with Crippen molar-refractivity contribution in [2.75, 3.05) is 6.61 Å². The second-order valence-corrected chi connectivity index (χ2v) is 13.1. The topological polar surface area (TPSA) is 80.8 Å². The molecule has 3 aromatic carbocycles. The van der Waals surface area contributed by atoms with Crippen LogP contribution in [0.3, 0.4) is 0 Å². The second kappa shape index (κ2) is 9.24. The van der Waals surface area contributed by atoms with Crippen molar-refractivity contribution in [1.29, 1.82) is 0 Å². The van der Waals surface area contributed by atoms with E-state index < -0.39 is 56.8 Å². The first-order valence-electron chi connectivity index (χ1n) is 12.8. The number of likely N-dealkylation sites (tertiary alicyclic amines) is 1. The minimum Gasteiger partial charge on any atom is -0.456 e. The van der Waals surface area contributed by atoms with Crippen LogP contribution in [0.2, 0.25) is 0 Å². The Hall–Kier alpha value is -3.10. The van der Waals surface area contributed by atoms with Crippen molar-refractivity contribution in [1.82, 2.24) is 4.90 Å². The van der Waals surface area contributed by atoms with Gasteiger partial charge in [-0.25, -0.2) is 4.79 Å². The lowest BCUT2D eigenvalue weighted by Gasteiger charge is -2.55. The first-order chi connectivity index (χ1) is 18.6. The first kappa shape index (κ1) is 26.1. The Labute approximate surface area is 243 Å². The van der Waals surface area contributed by atoms with E-state index in [0.29, 0.717) is 5.56 Å². The fraction of sp³-hybridized carbons (Fsp3) is 0.290. The Morgan fingerprint density at radius 3 is 1.59 bits per heavy atom. The van der Waals surface area contributed by atoms with Crippen LogP contribution < -0.4 is 0 Å². The molecule has 1 heterocycles. The monoisotopic (exact) mass is 649 g/mol. The minimum atomic E-state index is -1.17. The Bertz CT molecular complexity index is 1410. The summed E-state index contributed by atoms with van der Waals surface area (Å²) in [4.78, 5) is 55.7. The molecule has 6 nitrogen and oxygen atoms in total. The summed E-state index contributed by atoms with van der Waals surface area (Å²) in [5, 5.41) is 0. The Balaban J connectivity index is 1.39. The van der Waals surface area contributed by atoms with Crippen molar-refractivity contribution in [2.24, 2.45) is 17.8 Å². The van der Waals surface area contributed by atoms with Gasteiger partial charge in [-0.3, -0.25) is 19.3 Å². The maximum atomic E-state index is 14.3. The van der Waals surface area contributed by atoms with Gasteiger partial charge >= 0.3 is 5.97 Å². The van der Waals surface area contributed by atoms with Crippen LogP contribution in [0.1, 0.15) is 46.5 Å². The average molecular weight is 651 g/mol. The number of amides is 2. The number of alkyl halides is 2. The second-order valence-electron chi connectivity index (χ2n) is 10.6. The third kappa shape index (κ3) is 3.50. The fourth-order valence-corrected chi connectivity index (χ4v) is 8.87. The summed E-state index contributed by atoms with van der Waals surface area (Å²) in [6, 6.07) is 23.0. The highest BCUT2D eigenvalue weighted by atomic mass is 79.9.